The number of fused-ring (bicyclic) bond motifs is 5. The van der Waals surface area contributed by atoms with E-state index in [0.29, 0.717) is 29.0 Å². The van der Waals surface area contributed by atoms with Crippen molar-refractivity contribution in [2.75, 3.05) is 0 Å². The van der Waals surface area contributed by atoms with E-state index in [0.717, 1.165) is 55.8 Å². The molecular formula is C25H36N2O2. The smallest absolute Gasteiger partial charge is 0.165 e. The summed E-state index contributed by atoms with van der Waals surface area (Å²) in [7, 11) is 0. The van der Waals surface area contributed by atoms with Crippen LogP contribution in [0.25, 0.3) is 6.08 Å². The number of aliphatic hydroxyl groups excluding tert-OH is 1. The van der Waals surface area contributed by atoms with Gasteiger partial charge < -0.3 is 5.11 Å². The summed E-state index contributed by atoms with van der Waals surface area (Å²) >= 11 is 0. The summed E-state index contributed by atoms with van der Waals surface area (Å²) in [6.45, 7) is 7.70. The lowest BCUT2D eigenvalue weighted by atomic mass is 9.45. The number of rotatable bonds is 2. The highest BCUT2D eigenvalue weighted by Crippen LogP contribution is 2.66. The van der Waals surface area contributed by atoms with Crippen molar-refractivity contribution >= 4 is 11.9 Å². The molecule has 0 aliphatic heterocycles. The Kier molecular flexibility index (Phi) is 4.58. The standard InChI is InChI=1S/C25H36N2O2/c1-4-27-12-9-18(26-27)13-16-14-22-20-6-5-17-15-19(28)7-10-24(17,2)21(20)8-11-25(22,3)23(16)29/h9,12-13,17,19-22,28H,4-8,10-11,14-15H2,1-3H3/b16-13+/t17-,19-,20-,21+,22+,24-,25+/m0/s1. The van der Waals surface area contributed by atoms with E-state index in [9.17, 15) is 9.90 Å². The van der Waals surface area contributed by atoms with Gasteiger partial charge in [0, 0.05) is 18.2 Å². The van der Waals surface area contributed by atoms with Crippen LogP contribution in [0.4, 0.5) is 0 Å². The SMILES string of the molecule is CCn1ccc(/C=C2\C[C@@H]3[C@H]4CC[C@H]5C[C@@H](O)CC[C@]5(C)[C@@H]4CC[C@@]3(C)C2=O)n1. The van der Waals surface area contributed by atoms with Crippen LogP contribution in [-0.4, -0.2) is 26.8 Å². The second-order valence-corrected chi connectivity index (χ2v) is 10.8. The number of carbonyl (C=O) groups excluding carboxylic acids is 1. The van der Waals surface area contributed by atoms with Crippen molar-refractivity contribution in [3.8, 4) is 0 Å². The van der Waals surface area contributed by atoms with Crippen LogP contribution in [0, 0.1) is 34.5 Å². The third-order valence-corrected chi connectivity index (χ3v) is 9.59. The number of aromatic nitrogens is 2. The van der Waals surface area contributed by atoms with Gasteiger partial charge in [-0.15, -0.1) is 0 Å². The number of nitrogens with zero attached hydrogens (tertiary/aromatic N) is 2. The number of hydrogen-bond acceptors (Lipinski definition) is 3. The van der Waals surface area contributed by atoms with Crippen LogP contribution in [-0.2, 0) is 11.3 Å². The molecule has 1 aromatic rings. The molecule has 4 heteroatoms. The molecule has 0 radical (unpaired) electrons. The Balaban J connectivity index is 1.43. The molecule has 29 heavy (non-hydrogen) atoms. The van der Waals surface area contributed by atoms with Crippen molar-refractivity contribution in [1.29, 1.82) is 0 Å². The maximum Gasteiger partial charge on any atom is 0.165 e. The lowest BCUT2D eigenvalue weighted by Crippen LogP contribution is -2.54. The minimum atomic E-state index is -0.183. The maximum atomic E-state index is 13.5. The minimum absolute atomic E-state index is 0.0935. The molecule has 7 atom stereocenters. The third-order valence-electron chi connectivity index (χ3n) is 9.59. The molecule has 0 saturated heterocycles. The summed E-state index contributed by atoms with van der Waals surface area (Å²) in [5.41, 5.74) is 2.10. The highest BCUT2D eigenvalue weighted by Gasteiger charge is 2.61. The van der Waals surface area contributed by atoms with Gasteiger partial charge in [-0.3, -0.25) is 9.48 Å². The summed E-state index contributed by atoms with van der Waals surface area (Å²) in [5, 5.41) is 14.8. The summed E-state index contributed by atoms with van der Waals surface area (Å²) in [4.78, 5) is 13.5. The zero-order chi connectivity index (χ0) is 20.4. The van der Waals surface area contributed by atoms with E-state index in [1.165, 1.54) is 19.3 Å². The van der Waals surface area contributed by atoms with Crippen LogP contribution >= 0.6 is 0 Å². The van der Waals surface area contributed by atoms with Crippen molar-refractivity contribution < 1.29 is 9.90 Å². The van der Waals surface area contributed by atoms with Crippen molar-refractivity contribution in [1.82, 2.24) is 9.78 Å². The Morgan fingerprint density at radius 2 is 2.03 bits per heavy atom. The van der Waals surface area contributed by atoms with Gasteiger partial charge in [0.05, 0.1) is 11.8 Å². The van der Waals surface area contributed by atoms with E-state index in [4.69, 9.17) is 0 Å². The maximum absolute atomic E-state index is 13.5. The molecular weight excluding hydrogens is 360 g/mol. The quantitative estimate of drug-likeness (QED) is 0.726. The van der Waals surface area contributed by atoms with Crippen molar-refractivity contribution in [3.63, 3.8) is 0 Å². The minimum Gasteiger partial charge on any atom is -0.393 e. The Bertz CT molecular complexity index is 842. The van der Waals surface area contributed by atoms with Gasteiger partial charge in [-0.2, -0.15) is 5.10 Å². The molecule has 4 saturated carbocycles. The molecule has 0 aromatic carbocycles. The van der Waals surface area contributed by atoms with Crippen LogP contribution < -0.4 is 0 Å². The Labute approximate surface area is 174 Å². The first-order chi connectivity index (χ1) is 13.8. The van der Waals surface area contributed by atoms with Crippen LogP contribution in [0.3, 0.4) is 0 Å². The van der Waals surface area contributed by atoms with E-state index in [2.05, 4.69) is 31.9 Å². The van der Waals surface area contributed by atoms with Gasteiger partial charge in [-0.05, 0) is 105 Å². The molecule has 0 bridgehead atoms. The van der Waals surface area contributed by atoms with Gasteiger partial charge in [0.25, 0.3) is 0 Å². The fraction of sp³-hybridized carbons (Fsp3) is 0.760. The van der Waals surface area contributed by atoms with Crippen molar-refractivity contribution in [2.45, 2.75) is 84.8 Å². The zero-order valence-electron chi connectivity index (χ0n) is 18.2. The number of aliphatic hydroxyl groups is 1. The number of hydrogen-bond donors (Lipinski definition) is 1. The fourth-order valence-corrected chi connectivity index (χ4v) is 7.84. The summed E-state index contributed by atoms with van der Waals surface area (Å²) in [5.74, 6) is 2.92. The van der Waals surface area contributed by atoms with Gasteiger partial charge in [0.1, 0.15) is 0 Å². The topological polar surface area (TPSA) is 55.1 Å². The Morgan fingerprint density at radius 3 is 2.79 bits per heavy atom. The second kappa shape index (κ2) is 6.80. The molecule has 0 amide bonds. The van der Waals surface area contributed by atoms with E-state index < -0.39 is 0 Å². The number of ketones is 1. The van der Waals surface area contributed by atoms with Gasteiger partial charge in [0.15, 0.2) is 5.78 Å². The average Bonchev–Trinajstić information content (AvgIpc) is 3.26. The van der Waals surface area contributed by atoms with Gasteiger partial charge in [0.2, 0.25) is 0 Å². The first-order valence-corrected chi connectivity index (χ1v) is 11.8. The largest absolute Gasteiger partial charge is 0.393 e. The molecule has 5 rings (SSSR count). The molecule has 4 aliphatic rings. The number of carbonyl (C=O) groups is 1. The van der Waals surface area contributed by atoms with Crippen LogP contribution in [0.1, 0.15) is 77.8 Å². The molecule has 158 valence electrons. The van der Waals surface area contributed by atoms with Crippen LogP contribution in [0.5, 0.6) is 0 Å². The average molecular weight is 397 g/mol. The highest BCUT2D eigenvalue weighted by molar-refractivity contribution is 6.05. The lowest BCUT2D eigenvalue weighted by molar-refractivity contribution is -0.141. The number of allylic oxidation sites excluding steroid dienone is 1. The zero-order valence-corrected chi connectivity index (χ0v) is 18.2. The van der Waals surface area contributed by atoms with E-state index in [1.54, 1.807) is 0 Å². The molecule has 1 heterocycles. The first-order valence-electron chi connectivity index (χ1n) is 11.8. The Hall–Kier alpha value is -1.42. The van der Waals surface area contributed by atoms with Gasteiger partial charge >= 0.3 is 0 Å². The molecule has 4 nitrogen and oxygen atoms in total. The third kappa shape index (κ3) is 2.89. The first kappa shape index (κ1) is 19.5. The summed E-state index contributed by atoms with van der Waals surface area (Å²) in [6, 6.07) is 2.02. The summed E-state index contributed by atoms with van der Waals surface area (Å²) in [6.07, 6.45) is 12.7. The molecule has 0 unspecified atom stereocenters. The number of aryl methyl sites for hydroxylation is 1. The van der Waals surface area contributed by atoms with Crippen molar-refractivity contribution in [3.05, 3.63) is 23.5 Å². The van der Waals surface area contributed by atoms with E-state index in [-0.39, 0.29) is 11.5 Å². The Morgan fingerprint density at radius 1 is 1.21 bits per heavy atom. The molecule has 4 aliphatic carbocycles. The second-order valence-electron chi connectivity index (χ2n) is 10.8. The van der Waals surface area contributed by atoms with Crippen LogP contribution in [0.15, 0.2) is 17.8 Å². The predicted molar refractivity (Wildman–Crippen MR) is 114 cm³/mol. The van der Waals surface area contributed by atoms with E-state index >= 15 is 0 Å². The van der Waals surface area contributed by atoms with Crippen molar-refractivity contribution in [2.24, 2.45) is 34.5 Å². The van der Waals surface area contributed by atoms with E-state index in [1.807, 2.05) is 16.9 Å². The lowest BCUT2D eigenvalue weighted by Gasteiger charge is -2.59. The molecule has 1 aromatic heterocycles. The molecule has 0 spiro atoms. The van der Waals surface area contributed by atoms with Gasteiger partial charge in [-0.1, -0.05) is 13.8 Å². The summed E-state index contributed by atoms with van der Waals surface area (Å²) < 4.78 is 1.93. The van der Waals surface area contributed by atoms with Gasteiger partial charge in [-0.25, -0.2) is 0 Å². The van der Waals surface area contributed by atoms with Crippen LogP contribution in [0.2, 0.25) is 0 Å². The fourth-order valence-electron chi connectivity index (χ4n) is 7.84. The number of Topliss-reactive ketones (excluding diaryl/α,β-unsaturated/α-hetero) is 1. The molecule has 1 N–H and O–H groups in total. The predicted octanol–water partition coefficient (Wildman–Crippen LogP) is 4.87. The highest BCUT2D eigenvalue weighted by atomic mass is 16.3. The monoisotopic (exact) mass is 396 g/mol. The molecule has 4 fully saturated rings. The normalized spacial score (nSPS) is 45.7.